The van der Waals surface area contributed by atoms with Crippen LogP contribution in [0.15, 0.2) is 76.7 Å². The van der Waals surface area contributed by atoms with Gasteiger partial charge in [0.2, 0.25) is 5.91 Å². The lowest BCUT2D eigenvalue weighted by molar-refractivity contribution is -0.143. The highest BCUT2D eigenvalue weighted by molar-refractivity contribution is 7.99. The zero-order valence-electron chi connectivity index (χ0n) is 23.8. The number of para-hydroxylation sites is 1. The number of nitrogens with zero attached hydrogens (tertiary/aromatic N) is 3. The zero-order valence-corrected chi connectivity index (χ0v) is 24.6. The van der Waals surface area contributed by atoms with Crippen molar-refractivity contribution in [3.05, 3.63) is 78.2 Å². The Morgan fingerprint density at radius 2 is 1.93 bits per heavy atom. The molecule has 8 nitrogen and oxygen atoms in total. The number of unbranched alkanes of at least 4 members (excludes halogenated alkanes) is 1. The van der Waals surface area contributed by atoms with Crippen LogP contribution in [0.2, 0.25) is 0 Å². The Morgan fingerprint density at radius 1 is 1.07 bits per heavy atom. The molecule has 2 aromatic heterocycles. The van der Waals surface area contributed by atoms with Crippen LogP contribution < -0.4 is 5.32 Å². The van der Waals surface area contributed by atoms with Crippen LogP contribution in [0.1, 0.15) is 69.5 Å². The third kappa shape index (κ3) is 7.86. The van der Waals surface area contributed by atoms with E-state index in [1.165, 1.54) is 0 Å². The van der Waals surface area contributed by atoms with Crippen molar-refractivity contribution in [1.82, 2.24) is 14.8 Å². The van der Waals surface area contributed by atoms with E-state index < -0.39 is 0 Å². The molecule has 1 saturated heterocycles. The molecule has 0 saturated carbocycles. The zero-order chi connectivity index (χ0) is 29.1. The molecule has 4 aromatic rings. The Morgan fingerprint density at radius 3 is 2.74 bits per heavy atom. The van der Waals surface area contributed by atoms with Crippen LogP contribution in [0, 0.1) is 0 Å². The average Bonchev–Trinajstić information content (AvgIpc) is 3.38. The van der Waals surface area contributed by atoms with E-state index in [4.69, 9.17) is 14.6 Å². The number of carbonyl (C=O) groups is 2. The monoisotopic (exact) mass is 584 g/mol. The van der Waals surface area contributed by atoms with E-state index >= 15 is 0 Å². The van der Waals surface area contributed by atoms with Gasteiger partial charge in [0.25, 0.3) is 0 Å². The Hall–Kier alpha value is -3.95. The molecular weight excluding hydrogens is 548 g/mol. The number of hydrogen-bond acceptors (Lipinski definition) is 7. The van der Waals surface area contributed by atoms with Gasteiger partial charge in [-0.1, -0.05) is 30.0 Å². The molecular formula is C33H36N4O4S. The van der Waals surface area contributed by atoms with Gasteiger partial charge >= 0.3 is 5.97 Å². The van der Waals surface area contributed by atoms with Gasteiger partial charge in [0, 0.05) is 40.8 Å². The highest BCUT2D eigenvalue weighted by Gasteiger charge is 2.21. The van der Waals surface area contributed by atoms with Crippen LogP contribution >= 0.6 is 11.8 Å². The van der Waals surface area contributed by atoms with Gasteiger partial charge in [-0.15, -0.1) is 0 Å². The molecule has 1 unspecified atom stereocenters. The summed E-state index contributed by atoms with van der Waals surface area (Å²) in [6.07, 6.45) is 10.7. The summed E-state index contributed by atoms with van der Waals surface area (Å²) < 4.78 is 13.1. The lowest BCUT2D eigenvalue weighted by Gasteiger charge is -2.23. The van der Waals surface area contributed by atoms with Gasteiger partial charge < -0.3 is 14.8 Å². The predicted octanol–water partition coefficient (Wildman–Crippen LogP) is 7.51. The highest BCUT2D eigenvalue weighted by Crippen LogP contribution is 2.37. The SMILES string of the molecule is CCOC(=O)CCCCC(=O)Nc1ccccc1Sc1ccc2c(/C=C/c3ccccn3)nn(C3CCCCO3)c2c1. The average molecular weight is 585 g/mol. The van der Waals surface area contributed by atoms with Gasteiger partial charge in [-0.2, -0.15) is 5.10 Å². The number of carbonyl (C=O) groups excluding carboxylic acids is 2. The second-order valence-electron chi connectivity index (χ2n) is 10.1. The molecule has 0 bridgehead atoms. The summed E-state index contributed by atoms with van der Waals surface area (Å²) in [6.45, 7) is 2.90. The van der Waals surface area contributed by atoms with E-state index in [0.717, 1.165) is 63.6 Å². The van der Waals surface area contributed by atoms with Crippen molar-refractivity contribution in [3.63, 3.8) is 0 Å². The normalized spacial score (nSPS) is 15.2. The van der Waals surface area contributed by atoms with Crippen molar-refractivity contribution < 1.29 is 19.1 Å². The molecule has 1 N–H and O–H groups in total. The fourth-order valence-electron chi connectivity index (χ4n) is 4.89. The molecule has 0 spiro atoms. The first kappa shape index (κ1) is 29.5. The van der Waals surface area contributed by atoms with Gasteiger partial charge in [-0.05, 0) is 93.6 Å². The number of ether oxygens (including phenoxy) is 2. The van der Waals surface area contributed by atoms with Crippen molar-refractivity contribution in [1.29, 1.82) is 0 Å². The molecule has 1 aliphatic rings. The van der Waals surface area contributed by atoms with Gasteiger partial charge in [-0.3, -0.25) is 14.6 Å². The lowest BCUT2D eigenvalue weighted by atomic mass is 10.1. The van der Waals surface area contributed by atoms with Crippen LogP contribution in [0.4, 0.5) is 5.69 Å². The number of hydrogen-bond donors (Lipinski definition) is 1. The third-order valence-electron chi connectivity index (χ3n) is 6.96. The number of amides is 1. The topological polar surface area (TPSA) is 95.3 Å². The number of rotatable bonds is 12. The lowest BCUT2D eigenvalue weighted by Crippen LogP contribution is -2.19. The maximum atomic E-state index is 12.7. The summed E-state index contributed by atoms with van der Waals surface area (Å²) >= 11 is 1.60. The minimum atomic E-state index is -0.218. The summed E-state index contributed by atoms with van der Waals surface area (Å²) in [7, 11) is 0. The van der Waals surface area contributed by atoms with Crippen molar-refractivity contribution in [2.24, 2.45) is 0 Å². The van der Waals surface area contributed by atoms with Crippen molar-refractivity contribution >= 4 is 52.4 Å². The third-order valence-corrected chi connectivity index (χ3v) is 8.03. The molecule has 1 aliphatic heterocycles. The first-order valence-electron chi connectivity index (χ1n) is 14.6. The Labute approximate surface area is 250 Å². The number of fused-ring (bicyclic) bond motifs is 1. The number of anilines is 1. The molecule has 2 aromatic carbocycles. The quantitative estimate of drug-likeness (QED) is 0.136. The van der Waals surface area contributed by atoms with Crippen molar-refractivity contribution in [2.75, 3.05) is 18.5 Å². The van der Waals surface area contributed by atoms with Gasteiger partial charge in [0.05, 0.1) is 29.2 Å². The van der Waals surface area contributed by atoms with Crippen LogP contribution in [0.3, 0.4) is 0 Å². The van der Waals surface area contributed by atoms with Gasteiger partial charge in [-0.25, -0.2) is 4.68 Å². The summed E-state index contributed by atoms with van der Waals surface area (Å²) in [5, 5.41) is 9.07. The van der Waals surface area contributed by atoms with Crippen molar-refractivity contribution in [3.8, 4) is 0 Å². The molecule has 9 heteroatoms. The molecule has 0 radical (unpaired) electrons. The van der Waals surface area contributed by atoms with Crippen LogP contribution in [0.5, 0.6) is 0 Å². The van der Waals surface area contributed by atoms with Crippen LogP contribution in [-0.4, -0.2) is 39.9 Å². The van der Waals surface area contributed by atoms with E-state index in [-0.39, 0.29) is 18.1 Å². The van der Waals surface area contributed by atoms with Gasteiger partial charge in [0.15, 0.2) is 6.23 Å². The number of esters is 1. The number of pyridine rings is 1. The molecule has 0 aliphatic carbocycles. The standard InChI is InChI=1S/C33H36N4O4S/c1-2-40-33(39)16-6-5-14-31(38)35-28-12-3-4-13-30(28)42-25-18-19-26-27(20-17-24-11-7-9-21-34-24)36-37(29(26)23-25)32-15-8-10-22-41-32/h3-4,7,9,11-13,17-21,23,32H,2,5-6,8,10,14-16,22H2,1H3,(H,35,38)/b20-17+. The Balaban J connectivity index is 1.33. The Bertz CT molecular complexity index is 1530. The van der Waals surface area contributed by atoms with E-state index in [1.54, 1.807) is 24.9 Å². The minimum absolute atomic E-state index is 0.0702. The molecule has 218 valence electrons. The predicted molar refractivity (Wildman–Crippen MR) is 166 cm³/mol. The van der Waals surface area contributed by atoms with Crippen LogP contribution in [0.25, 0.3) is 23.1 Å². The number of aromatic nitrogens is 3. The second-order valence-corrected chi connectivity index (χ2v) is 11.2. The number of benzene rings is 2. The summed E-state index contributed by atoms with van der Waals surface area (Å²) in [5.41, 5.74) is 3.52. The largest absolute Gasteiger partial charge is 0.466 e. The summed E-state index contributed by atoms with van der Waals surface area (Å²) in [5.74, 6) is -0.288. The molecule has 3 heterocycles. The highest BCUT2D eigenvalue weighted by atomic mass is 32.2. The molecule has 42 heavy (non-hydrogen) atoms. The van der Waals surface area contributed by atoms with E-state index in [1.807, 2.05) is 59.3 Å². The maximum Gasteiger partial charge on any atom is 0.305 e. The molecule has 5 rings (SSSR count). The van der Waals surface area contributed by atoms with E-state index in [2.05, 4.69) is 28.5 Å². The fraction of sp³-hybridized carbons (Fsp3) is 0.333. The fourth-order valence-corrected chi connectivity index (χ4v) is 5.83. The molecule has 1 fully saturated rings. The van der Waals surface area contributed by atoms with Crippen LogP contribution in [-0.2, 0) is 19.1 Å². The smallest absolute Gasteiger partial charge is 0.305 e. The summed E-state index contributed by atoms with van der Waals surface area (Å²) in [6, 6.07) is 20.0. The second kappa shape index (κ2) is 14.8. The van der Waals surface area contributed by atoms with Gasteiger partial charge in [0.1, 0.15) is 0 Å². The minimum Gasteiger partial charge on any atom is -0.466 e. The Kier molecular flexibility index (Phi) is 10.4. The first-order chi connectivity index (χ1) is 20.6. The summed E-state index contributed by atoms with van der Waals surface area (Å²) in [4.78, 5) is 30.6. The molecule has 1 atom stereocenters. The van der Waals surface area contributed by atoms with Crippen molar-refractivity contribution in [2.45, 2.75) is 67.9 Å². The maximum absolute atomic E-state index is 12.7. The first-order valence-corrected chi connectivity index (χ1v) is 15.4. The van der Waals surface area contributed by atoms with E-state index in [9.17, 15) is 9.59 Å². The van der Waals surface area contributed by atoms with E-state index in [0.29, 0.717) is 32.3 Å². The molecule has 1 amide bonds. The number of nitrogens with one attached hydrogen (secondary N) is 1.